The Morgan fingerprint density at radius 2 is 2.05 bits per heavy atom. The molecule has 2 rings (SSSR count). The van der Waals surface area contributed by atoms with E-state index in [1.165, 1.54) is 0 Å². The standard InChI is InChI=1S/C15H21N3O3/c1-11-2-3-12(10-13(11)17-14(19)4-5-16)15(20)18-6-8-21-9-7-18/h2-3,10H,4-9,16H2,1H3,(H,17,19). The fourth-order valence-corrected chi connectivity index (χ4v) is 2.18. The maximum absolute atomic E-state index is 12.4. The molecule has 1 aliphatic rings. The lowest BCUT2D eigenvalue weighted by Gasteiger charge is -2.27. The maximum atomic E-state index is 12.4. The van der Waals surface area contributed by atoms with Crippen LogP contribution < -0.4 is 11.1 Å². The molecule has 1 aliphatic heterocycles. The summed E-state index contributed by atoms with van der Waals surface area (Å²) in [6.45, 7) is 4.52. The first-order valence-corrected chi connectivity index (χ1v) is 7.09. The highest BCUT2D eigenvalue weighted by molar-refractivity contribution is 5.97. The first kappa shape index (κ1) is 15.5. The summed E-state index contributed by atoms with van der Waals surface area (Å²) in [5.41, 5.74) is 7.51. The van der Waals surface area contributed by atoms with E-state index < -0.39 is 0 Å². The number of carbonyl (C=O) groups excluding carboxylic acids is 2. The Kier molecular flexibility index (Phi) is 5.30. The second-order valence-electron chi connectivity index (χ2n) is 5.02. The van der Waals surface area contributed by atoms with E-state index in [4.69, 9.17) is 10.5 Å². The van der Waals surface area contributed by atoms with Crippen LogP contribution in [-0.2, 0) is 9.53 Å². The van der Waals surface area contributed by atoms with Gasteiger partial charge in [-0.1, -0.05) is 6.07 Å². The molecule has 6 heteroatoms. The Bertz CT molecular complexity index is 525. The van der Waals surface area contributed by atoms with E-state index in [9.17, 15) is 9.59 Å². The molecule has 21 heavy (non-hydrogen) atoms. The number of hydrogen-bond acceptors (Lipinski definition) is 4. The van der Waals surface area contributed by atoms with Gasteiger partial charge in [0, 0.05) is 37.3 Å². The zero-order chi connectivity index (χ0) is 15.2. The highest BCUT2D eigenvalue weighted by atomic mass is 16.5. The van der Waals surface area contributed by atoms with Crippen molar-refractivity contribution in [2.45, 2.75) is 13.3 Å². The molecule has 1 saturated heterocycles. The minimum atomic E-state index is -0.142. The molecule has 0 unspecified atom stereocenters. The molecule has 114 valence electrons. The van der Waals surface area contributed by atoms with Crippen LogP contribution >= 0.6 is 0 Å². The van der Waals surface area contributed by atoms with Crippen molar-refractivity contribution < 1.29 is 14.3 Å². The molecule has 0 bridgehead atoms. The van der Waals surface area contributed by atoms with Crippen LogP contribution in [-0.4, -0.2) is 49.6 Å². The number of rotatable bonds is 4. The normalized spacial score (nSPS) is 14.9. The fraction of sp³-hybridized carbons (Fsp3) is 0.467. The van der Waals surface area contributed by atoms with Crippen LogP contribution in [0.1, 0.15) is 22.3 Å². The Labute approximate surface area is 124 Å². The molecule has 0 spiro atoms. The van der Waals surface area contributed by atoms with Crippen molar-refractivity contribution in [3.05, 3.63) is 29.3 Å². The monoisotopic (exact) mass is 291 g/mol. The maximum Gasteiger partial charge on any atom is 0.254 e. The molecule has 6 nitrogen and oxygen atoms in total. The van der Waals surface area contributed by atoms with Gasteiger partial charge in [0.15, 0.2) is 0 Å². The van der Waals surface area contributed by atoms with Gasteiger partial charge in [0.1, 0.15) is 0 Å². The number of ether oxygens (including phenoxy) is 1. The molecular weight excluding hydrogens is 270 g/mol. The quantitative estimate of drug-likeness (QED) is 0.857. The molecule has 0 aromatic heterocycles. The second-order valence-corrected chi connectivity index (χ2v) is 5.02. The van der Waals surface area contributed by atoms with Crippen LogP contribution in [0, 0.1) is 6.92 Å². The number of morpholine rings is 1. The molecule has 1 aromatic rings. The van der Waals surface area contributed by atoms with Crippen LogP contribution in [0.2, 0.25) is 0 Å². The first-order chi connectivity index (χ1) is 10.1. The first-order valence-electron chi connectivity index (χ1n) is 7.09. The summed E-state index contributed by atoms with van der Waals surface area (Å²) in [7, 11) is 0. The molecule has 3 N–H and O–H groups in total. The van der Waals surface area contributed by atoms with Crippen LogP contribution in [0.4, 0.5) is 5.69 Å². The van der Waals surface area contributed by atoms with Crippen LogP contribution in [0.15, 0.2) is 18.2 Å². The summed E-state index contributed by atoms with van der Waals surface area (Å²) in [6.07, 6.45) is 0.265. The van der Waals surface area contributed by atoms with Gasteiger partial charge >= 0.3 is 0 Å². The highest BCUT2D eigenvalue weighted by Gasteiger charge is 2.19. The number of aryl methyl sites for hydroxylation is 1. The number of benzene rings is 1. The Morgan fingerprint density at radius 1 is 1.33 bits per heavy atom. The topological polar surface area (TPSA) is 84.7 Å². The summed E-state index contributed by atoms with van der Waals surface area (Å²) in [5.74, 6) is -0.177. The van der Waals surface area contributed by atoms with E-state index in [1.807, 2.05) is 13.0 Å². The third kappa shape index (κ3) is 4.03. The highest BCUT2D eigenvalue weighted by Crippen LogP contribution is 2.19. The van der Waals surface area contributed by atoms with Gasteiger partial charge in [0.2, 0.25) is 5.91 Å². The predicted octanol–water partition coefficient (Wildman–Crippen LogP) is 0.755. The van der Waals surface area contributed by atoms with Crippen molar-refractivity contribution in [1.82, 2.24) is 4.90 Å². The van der Waals surface area contributed by atoms with Crippen molar-refractivity contribution in [2.24, 2.45) is 5.73 Å². The van der Waals surface area contributed by atoms with E-state index in [2.05, 4.69) is 5.32 Å². The van der Waals surface area contributed by atoms with Gasteiger partial charge in [-0.3, -0.25) is 9.59 Å². The smallest absolute Gasteiger partial charge is 0.254 e. The number of nitrogens with zero attached hydrogens (tertiary/aromatic N) is 1. The second kappa shape index (κ2) is 7.19. The van der Waals surface area contributed by atoms with Gasteiger partial charge in [0.05, 0.1) is 13.2 Å². The number of amides is 2. The Hall–Kier alpha value is -1.92. The van der Waals surface area contributed by atoms with E-state index in [0.29, 0.717) is 44.1 Å². The van der Waals surface area contributed by atoms with Gasteiger partial charge in [0.25, 0.3) is 5.91 Å². The summed E-state index contributed by atoms with van der Waals surface area (Å²) in [5, 5.41) is 2.79. The summed E-state index contributed by atoms with van der Waals surface area (Å²) in [6, 6.07) is 5.35. The zero-order valence-electron chi connectivity index (χ0n) is 12.2. The lowest BCUT2D eigenvalue weighted by atomic mass is 10.1. The van der Waals surface area contributed by atoms with Gasteiger partial charge in [-0.2, -0.15) is 0 Å². The van der Waals surface area contributed by atoms with Crippen LogP contribution in [0.3, 0.4) is 0 Å². The van der Waals surface area contributed by atoms with E-state index in [1.54, 1.807) is 17.0 Å². The molecule has 2 amide bonds. The van der Waals surface area contributed by atoms with E-state index in [-0.39, 0.29) is 18.2 Å². The average molecular weight is 291 g/mol. The van der Waals surface area contributed by atoms with Gasteiger partial charge in [-0.25, -0.2) is 0 Å². The molecule has 1 aromatic carbocycles. The SMILES string of the molecule is Cc1ccc(C(=O)N2CCOCC2)cc1NC(=O)CCN. The van der Waals surface area contributed by atoms with Crippen molar-refractivity contribution in [3.63, 3.8) is 0 Å². The summed E-state index contributed by atoms with van der Waals surface area (Å²) in [4.78, 5) is 25.8. The Balaban J connectivity index is 2.13. The van der Waals surface area contributed by atoms with Crippen molar-refractivity contribution in [1.29, 1.82) is 0 Å². The number of hydrogen-bond donors (Lipinski definition) is 2. The zero-order valence-corrected chi connectivity index (χ0v) is 12.2. The van der Waals surface area contributed by atoms with Gasteiger partial charge in [-0.15, -0.1) is 0 Å². The number of carbonyl (C=O) groups is 2. The van der Waals surface area contributed by atoms with E-state index in [0.717, 1.165) is 5.56 Å². The number of nitrogens with one attached hydrogen (secondary N) is 1. The lowest BCUT2D eigenvalue weighted by molar-refractivity contribution is -0.116. The lowest BCUT2D eigenvalue weighted by Crippen LogP contribution is -2.40. The molecule has 1 heterocycles. The summed E-state index contributed by atoms with van der Waals surface area (Å²) >= 11 is 0. The van der Waals surface area contributed by atoms with Crippen molar-refractivity contribution >= 4 is 17.5 Å². The fourth-order valence-electron chi connectivity index (χ4n) is 2.18. The number of anilines is 1. The third-order valence-corrected chi connectivity index (χ3v) is 3.43. The van der Waals surface area contributed by atoms with Crippen molar-refractivity contribution in [2.75, 3.05) is 38.2 Å². The minimum Gasteiger partial charge on any atom is -0.378 e. The van der Waals surface area contributed by atoms with Crippen molar-refractivity contribution in [3.8, 4) is 0 Å². The van der Waals surface area contributed by atoms with Crippen LogP contribution in [0.25, 0.3) is 0 Å². The Morgan fingerprint density at radius 3 is 2.71 bits per heavy atom. The minimum absolute atomic E-state index is 0.0346. The predicted molar refractivity (Wildman–Crippen MR) is 80.2 cm³/mol. The molecule has 0 saturated carbocycles. The molecule has 0 atom stereocenters. The average Bonchev–Trinajstić information content (AvgIpc) is 2.50. The molecule has 1 fully saturated rings. The summed E-state index contributed by atoms with van der Waals surface area (Å²) < 4.78 is 5.25. The molecular formula is C15H21N3O3. The van der Waals surface area contributed by atoms with Gasteiger partial charge < -0.3 is 20.7 Å². The largest absolute Gasteiger partial charge is 0.378 e. The molecule has 0 aliphatic carbocycles. The molecule has 0 radical (unpaired) electrons. The van der Waals surface area contributed by atoms with Gasteiger partial charge in [-0.05, 0) is 24.6 Å². The number of nitrogens with two attached hydrogens (primary N) is 1. The third-order valence-electron chi connectivity index (χ3n) is 3.43. The van der Waals surface area contributed by atoms with E-state index >= 15 is 0 Å². The van der Waals surface area contributed by atoms with Crippen LogP contribution in [0.5, 0.6) is 0 Å².